The Morgan fingerprint density at radius 1 is 0.968 bits per heavy atom. The van der Waals surface area contributed by atoms with Gasteiger partial charge in [-0.1, -0.05) is 46.3 Å². The van der Waals surface area contributed by atoms with Gasteiger partial charge in [0, 0.05) is 21.5 Å². The van der Waals surface area contributed by atoms with E-state index >= 15 is 0 Å². The van der Waals surface area contributed by atoms with Crippen LogP contribution in [0.1, 0.15) is 12.0 Å². The summed E-state index contributed by atoms with van der Waals surface area (Å²) >= 11 is 4.72. The Kier molecular flexibility index (Phi) is 6.53. The summed E-state index contributed by atoms with van der Waals surface area (Å²) in [5.41, 5.74) is 2.22. The summed E-state index contributed by atoms with van der Waals surface area (Å²) in [5.74, 6) is -0.500. The third-order valence-electron chi connectivity index (χ3n) is 4.81. The number of carbonyl (C=O) groups excluding carboxylic acids is 3. The van der Waals surface area contributed by atoms with Crippen molar-refractivity contribution in [1.29, 1.82) is 0 Å². The van der Waals surface area contributed by atoms with E-state index in [1.807, 2.05) is 42.5 Å². The van der Waals surface area contributed by atoms with Crippen LogP contribution in [0.5, 0.6) is 0 Å². The Morgan fingerprint density at radius 2 is 1.65 bits per heavy atom. The van der Waals surface area contributed by atoms with E-state index < -0.39 is 5.25 Å². The van der Waals surface area contributed by atoms with E-state index in [4.69, 9.17) is 0 Å². The van der Waals surface area contributed by atoms with Crippen LogP contribution in [-0.2, 0) is 20.8 Å². The molecule has 1 saturated heterocycles. The van der Waals surface area contributed by atoms with Crippen LogP contribution in [0.15, 0.2) is 88.2 Å². The van der Waals surface area contributed by atoms with Crippen molar-refractivity contribution in [2.24, 2.45) is 0 Å². The van der Waals surface area contributed by atoms with Crippen LogP contribution >= 0.6 is 27.7 Å². The molecular weight excluding hydrogens is 476 g/mol. The lowest BCUT2D eigenvalue weighted by molar-refractivity contribution is -0.121. The van der Waals surface area contributed by atoms with Crippen LogP contribution in [0.25, 0.3) is 0 Å². The number of halogens is 1. The van der Waals surface area contributed by atoms with Crippen molar-refractivity contribution in [1.82, 2.24) is 0 Å². The second kappa shape index (κ2) is 9.49. The molecule has 1 unspecified atom stereocenters. The minimum Gasteiger partial charge on any atom is -0.326 e. The lowest BCUT2D eigenvalue weighted by Crippen LogP contribution is -2.31. The molecule has 3 aromatic carbocycles. The third-order valence-corrected chi connectivity index (χ3v) is 6.54. The maximum Gasteiger partial charge on any atom is 0.247 e. The maximum atomic E-state index is 12.8. The predicted octanol–water partition coefficient (Wildman–Crippen LogP) is 5.05. The van der Waals surface area contributed by atoms with E-state index in [9.17, 15) is 14.4 Å². The van der Waals surface area contributed by atoms with Gasteiger partial charge < -0.3 is 5.32 Å². The van der Waals surface area contributed by atoms with Gasteiger partial charge >= 0.3 is 0 Å². The number of nitrogens with one attached hydrogen (secondary N) is 1. The van der Waals surface area contributed by atoms with E-state index in [2.05, 4.69) is 21.2 Å². The lowest BCUT2D eigenvalue weighted by Gasteiger charge is -2.15. The predicted molar refractivity (Wildman–Crippen MR) is 126 cm³/mol. The molecule has 1 N–H and O–H groups in total. The molecule has 3 aromatic rings. The van der Waals surface area contributed by atoms with E-state index in [1.165, 1.54) is 16.7 Å². The molecule has 1 fully saturated rings. The first kappa shape index (κ1) is 21.3. The van der Waals surface area contributed by atoms with Crippen molar-refractivity contribution in [3.63, 3.8) is 0 Å². The molecule has 31 heavy (non-hydrogen) atoms. The first-order chi connectivity index (χ1) is 15.0. The highest BCUT2D eigenvalue weighted by Gasteiger charge is 2.40. The van der Waals surface area contributed by atoms with E-state index in [0.29, 0.717) is 17.8 Å². The van der Waals surface area contributed by atoms with E-state index in [-0.39, 0.29) is 24.1 Å². The molecule has 0 saturated carbocycles. The standard InChI is InChI=1S/C24H19BrN2O3S/c25-17-6-10-19(11-7-17)27-23(29)15-21(24(27)30)31-20-12-8-18(9-13-20)26-22(28)14-16-4-2-1-3-5-16/h1-13,21H,14-15H2,(H,26,28). The summed E-state index contributed by atoms with van der Waals surface area (Å²) in [6, 6.07) is 24.0. The van der Waals surface area contributed by atoms with Crippen molar-refractivity contribution in [2.45, 2.75) is 23.0 Å². The number of nitrogens with zero attached hydrogens (tertiary/aromatic N) is 1. The Balaban J connectivity index is 1.36. The number of rotatable bonds is 6. The Morgan fingerprint density at radius 3 is 2.32 bits per heavy atom. The maximum absolute atomic E-state index is 12.8. The highest BCUT2D eigenvalue weighted by atomic mass is 79.9. The molecule has 1 atom stereocenters. The van der Waals surface area contributed by atoms with Crippen molar-refractivity contribution in [3.8, 4) is 0 Å². The van der Waals surface area contributed by atoms with Crippen LogP contribution in [0.2, 0.25) is 0 Å². The fraction of sp³-hybridized carbons (Fsp3) is 0.125. The molecule has 1 aliphatic heterocycles. The van der Waals surface area contributed by atoms with Gasteiger partial charge in [0.15, 0.2) is 0 Å². The molecular formula is C24H19BrN2O3S. The molecule has 1 aliphatic rings. The van der Waals surface area contributed by atoms with Gasteiger partial charge in [-0.3, -0.25) is 14.4 Å². The molecule has 0 spiro atoms. The topological polar surface area (TPSA) is 66.5 Å². The number of thioether (sulfide) groups is 1. The van der Waals surface area contributed by atoms with Gasteiger partial charge in [0.1, 0.15) is 0 Å². The van der Waals surface area contributed by atoms with Crippen LogP contribution in [0.4, 0.5) is 11.4 Å². The van der Waals surface area contributed by atoms with Crippen LogP contribution in [0, 0.1) is 0 Å². The van der Waals surface area contributed by atoms with Crippen LogP contribution in [0.3, 0.4) is 0 Å². The Hall–Kier alpha value is -2.90. The van der Waals surface area contributed by atoms with E-state index in [1.54, 1.807) is 36.4 Å². The third kappa shape index (κ3) is 5.24. The summed E-state index contributed by atoms with van der Waals surface area (Å²) in [6.45, 7) is 0. The molecule has 0 aromatic heterocycles. The minimum absolute atomic E-state index is 0.0895. The van der Waals surface area contributed by atoms with Gasteiger partial charge in [0.25, 0.3) is 0 Å². The van der Waals surface area contributed by atoms with Crippen LogP contribution in [-0.4, -0.2) is 23.0 Å². The van der Waals surface area contributed by atoms with Crippen molar-refractivity contribution >= 4 is 56.8 Å². The number of hydrogen-bond donors (Lipinski definition) is 1. The molecule has 4 rings (SSSR count). The molecule has 0 radical (unpaired) electrons. The number of benzene rings is 3. The van der Waals surface area contributed by atoms with Gasteiger partial charge in [-0.2, -0.15) is 0 Å². The minimum atomic E-state index is -0.463. The molecule has 5 nitrogen and oxygen atoms in total. The van der Waals surface area contributed by atoms with Crippen molar-refractivity contribution in [2.75, 3.05) is 10.2 Å². The largest absolute Gasteiger partial charge is 0.326 e. The molecule has 3 amide bonds. The molecule has 7 heteroatoms. The summed E-state index contributed by atoms with van der Waals surface area (Å²) in [7, 11) is 0. The van der Waals surface area contributed by atoms with Gasteiger partial charge in [0.05, 0.1) is 17.4 Å². The smallest absolute Gasteiger partial charge is 0.247 e. The Bertz CT molecular complexity index is 1100. The fourth-order valence-corrected chi connectivity index (χ4v) is 4.64. The molecule has 0 aliphatic carbocycles. The first-order valence-corrected chi connectivity index (χ1v) is 11.4. The fourth-order valence-electron chi connectivity index (χ4n) is 3.33. The average molecular weight is 495 g/mol. The first-order valence-electron chi connectivity index (χ1n) is 9.72. The van der Waals surface area contributed by atoms with Gasteiger partial charge in [-0.15, -0.1) is 11.8 Å². The summed E-state index contributed by atoms with van der Waals surface area (Å²) in [5, 5.41) is 2.42. The zero-order valence-electron chi connectivity index (χ0n) is 16.5. The van der Waals surface area contributed by atoms with Crippen molar-refractivity contribution < 1.29 is 14.4 Å². The zero-order chi connectivity index (χ0) is 21.8. The number of carbonyl (C=O) groups is 3. The van der Waals surface area contributed by atoms with Crippen LogP contribution < -0.4 is 10.2 Å². The second-order valence-electron chi connectivity index (χ2n) is 7.09. The highest BCUT2D eigenvalue weighted by Crippen LogP contribution is 2.34. The number of anilines is 2. The summed E-state index contributed by atoms with van der Waals surface area (Å²) < 4.78 is 0.886. The summed E-state index contributed by atoms with van der Waals surface area (Å²) in [6.07, 6.45) is 0.469. The molecule has 1 heterocycles. The molecule has 0 bridgehead atoms. The summed E-state index contributed by atoms with van der Waals surface area (Å²) in [4.78, 5) is 39.6. The quantitative estimate of drug-likeness (QED) is 0.486. The van der Waals surface area contributed by atoms with Gasteiger partial charge in [-0.05, 0) is 54.1 Å². The average Bonchev–Trinajstić information content (AvgIpc) is 3.04. The lowest BCUT2D eigenvalue weighted by atomic mass is 10.1. The Labute approximate surface area is 193 Å². The van der Waals surface area contributed by atoms with E-state index in [0.717, 1.165) is 14.9 Å². The van der Waals surface area contributed by atoms with Gasteiger partial charge in [0.2, 0.25) is 17.7 Å². The number of amides is 3. The zero-order valence-corrected chi connectivity index (χ0v) is 18.9. The second-order valence-corrected chi connectivity index (χ2v) is 9.28. The van der Waals surface area contributed by atoms with Gasteiger partial charge in [-0.25, -0.2) is 4.90 Å². The number of hydrogen-bond acceptors (Lipinski definition) is 4. The normalized spacial score (nSPS) is 15.9. The highest BCUT2D eigenvalue weighted by molar-refractivity contribution is 9.10. The van der Waals surface area contributed by atoms with Crippen molar-refractivity contribution in [3.05, 3.63) is 88.9 Å². The number of imide groups is 1. The SMILES string of the molecule is O=C(Cc1ccccc1)Nc1ccc(SC2CC(=O)N(c3ccc(Br)cc3)C2=O)cc1. The monoisotopic (exact) mass is 494 g/mol. The molecule has 156 valence electrons.